The Kier molecular flexibility index (Phi) is 6.71. The van der Waals surface area contributed by atoms with Gasteiger partial charge in [-0.15, -0.1) is 11.3 Å². The van der Waals surface area contributed by atoms with Gasteiger partial charge in [0.05, 0.1) is 0 Å². The molecular formula is C41H28N2S. The fourth-order valence-electron chi connectivity index (χ4n) is 5.91. The zero-order chi connectivity index (χ0) is 29.3. The molecular weight excluding hydrogens is 553 g/mol. The second-order valence-electron chi connectivity index (χ2n) is 10.9. The van der Waals surface area contributed by atoms with E-state index in [-0.39, 0.29) is 0 Å². The number of nitrogens with zero attached hydrogens (tertiary/aromatic N) is 2. The molecule has 0 unspecified atom stereocenters. The number of rotatable bonds is 6. The third kappa shape index (κ3) is 4.94. The molecule has 8 rings (SSSR count). The molecule has 8 aromatic rings. The van der Waals surface area contributed by atoms with Gasteiger partial charge in [0.15, 0.2) is 0 Å². The van der Waals surface area contributed by atoms with E-state index in [1.165, 1.54) is 48.9 Å². The molecule has 0 radical (unpaired) electrons. The van der Waals surface area contributed by atoms with Crippen molar-refractivity contribution in [1.82, 2.24) is 4.98 Å². The molecule has 208 valence electrons. The maximum atomic E-state index is 4.61. The summed E-state index contributed by atoms with van der Waals surface area (Å²) in [5.74, 6) is 0. The Labute approximate surface area is 261 Å². The van der Waals surface area contributed by atoms with E-state index in [0.717, 1.165) is 21.9 Å². The van der Waals surface area contributed by atoms with Crippen molar-refractivity contribution >= 4 is 48.7 Å². The third-order valence-electron chi connectivity index (χ3n) is 8.17. The van der Waals surface area contributed by atoms with E-state index in [0.29, 0.717) is 0 Å². The van der Waals surface area contributed by atoms with Gasteiger partial charge in [-0.3, -0.25) is 0 Å². The summed E-state index contributed by atoms with van der Waals surface area (Å²) in [7, 11) is 0. The molecule has 6 aromatic carbocycles. The predicted molar refractivity (Wildman–Crippen MR) is 188 cm³/mol. The molecule has 0 saturated heterocycles. The number of hydrogen-bond donors (Lipinski definition) is 0. The standard InChI is InChI=1S/C41H28N2S/c1-3-8-29(9-4-1)31-13-15-32(16-14-31)34-19-23-36(24-20-34)43(35-21-17-33(18-22-35)30-10-5-2-6-11-30)37-25-26-40-39(28-37)38-12-7-27-42-41(38)44-40/h1-28H. The van der Waals surface area contributed by atoms with E-state index in [2.05, 4.69) is 168 Å². The van der Waals surface area contributed by atoms with Gasteiger partial charge in [0.2, 0.25) is 0 Å². The highest BCUT2D eigenvalue weighted by atomic mass is 32.1. The number of fused-ring (bicyclic) bond motifs is 3. The van der Waals surface area contributed by atoms with Gasteiger partial charge in [-0.05, 0) is 88.0 Å². The van der Waals surface area contributed by atoms with Crippen LogP contribution in [0.5, 0.6) is 0 Å². The van der Waals surface area contributed by atoms with Crippen LogP contribution in [0.4, 0.5) is 17.1 Å². The van der Waals surface area contributed by atoms with Crippen molar-refractivity contribution in [2.75, 3.05) is 4.90 Å². The Balaban J connectivity index is 1.18. The topological polar surface area (TPSA) is 16.1 Å². The average Bonchev–Trinajstić information content (AvgIpc) is 3.48. The van der Waals surface area contributed by atoms with Crippen molar-refractivity contribution in [2.24, 2.45) is 0 Å². The van der Waals surface area contributed by atoms with Crippen LogP contribution in [0.1, 0.15) is 0 Å². The summed E-state index contributed by atoms with van der Waals surface area (Å²) in [6.45, 7) is 0. The van der Waals surface area contributed by atoms with Crippen molar-refractivity contribution in [3.63, 3.8) is 0 Å². The Morgan fingerprint density at radius 1 is 0.386 bits per heavy atom. The van der Waals surface area contributed by atoms with Crippen LogP contribution in [-0.4, -0.2) is 4.98 Å². The summed E-state index contributed by atoms with van der Waals surface area (Å²) in [5.41, 5.74) is 10.6. The summed E-state index contributed by atoms with van der Waals surface area (Å²) < 4.78 is 1.25. The lowest BCUT2D eigenvalue weighted by Gasteiger charge is -2.26. The van der Waals surface area contributed by atoms with Gasteiger partial charge >= 0.3 is 0 Å². The number of hydrogen-bond acceptors (Lipinski definition) is 3. The molecule has 44 heavy (non-hydrogen) atoms. The largest absolute Gasteiger partial charge is 0.310 e. The normalized spacial score (nSPS) is 11.2. The molecule has 2 heterocycles. The highest BCUT2D eigenvalue weighted by molar-refractivity contribution is 7.25. The SMILES string of the molecule is c1ccc(-c2ccc(-c3ccc(N(c4ccc(-c5ccccc5)cc4)c4ccc5sc6ncccc6c5c4)cc3)cc2)cc1. The lowest BCUT2D eigenvalue weighted by molar-refractivity contribution is 1.29. The molecule has 0 aliphatic carbocycles. The molecule has 0 N–H and O–H groups in total. The number of aromatic nitrogens is 1. The number of benzene rings is 6. The Bertz CT molecular complexity index is 2180. The van der Waals surface area contributed by atoms with Gasteiger partial charge in [0.25, 0.3) is 0 Å². The fourth-order valence-corrected chi connectivity index (χ4v) is 6.93. The highest BCUT2D eigenvalue weighted by Crippen LogP contribution is 2.41. The van der Waals surface area contributed by atoms with Gasteiger partial charge in [-0.2, -0.15) is 0 Å². The van der Waals surface area contributed by atoms with Crippen molar-refractivity contribution in [3.05, 3.63) is 170 Å². The van der Waals surface area contributed by atoms with Crippen LogP contribution in [0.25, 0.3) is 53.7 Å². The zero-order valence-electron chi connectivity index (χ0n) is 24.0. The van der Waals surface area contributed by atoms with Crippen LogP contribution in [0, 0.1) is 0 Å². The second-order valence-corrected chi connectivity index (χ2v) is 11.9. The molecule has 0 saturated carbocycles. The summed E-state index contributed by atoms with van der Waals surface area (Å²) in [4.78, 5) is 8.03. The lowest BCUT2D eigenvalue weighted by Crippen LogP contribution is -2.09. The quantitative estimate of drug-likeness (QED) is 0.194. The molecule has 0 bridgehead atoms. The van der Waals surface area contributed by atoms with Gasteiger partial charge in [0.1, 0.15) is 4.83 Å². The molecule has 0 amide bonds. The maximum absolute atomic E-state index is 4.61. The van der Waals surface area contributed by atoms with E-state index < -0.39 is 0 Å². The smallest absolute Gasteiger partial charge is 0.124 e. The molecule has 0 aliphatic heterocycles. The van der Waals surface area contributed by atoms with E-state index in [1.54, 1.807) is 11.3 Å². The second kappa shape index (κ2) is 11.3. The first-order chi connectivity index (χ1) is 21.8. The van der Waals surface area contributed by atoms with Gasteiger partial charge in [-0.1, -0.05) is 109 Å². The summed E-state index contributed by atoms with van der Waals surface area (Å²) >= 11 is 1.74. The average molecular weight is 581 g/mol. The van der Waals surface area contributed by atoms with Gasteiger partial charge in [0, 0.05) is 38.7 Å². The van der Waals surface area contributed by atoms with E-state index in [4.69, 9.17) is 0 Å². The fraction of sp³-hybridized carbons (Fsp3) is 0. The van der Waals surface area contributed by atoms with Crippen molar-refractivity contribution < 1.29 is 0 Å². The minimum absolute atomic E-state index is 1.07. The molecule has 0 spiro atoms. The predicted octanol–water partition coefficient (Wildman–Crippen LogP) is 11.9. The van der Waals surface area contributed by atoms with Gasteiger partial charge < -0.3 is 4.90 Å². The summed E-state index contributed by atoms with van der Waals surface area (Å²) in [5, 5.41) is 2.43. The van der Waals surface area contributed by atoms with Crippen LogP contribution in [0.15, 0.2) is 170 Å². The summed E-state index contributed by atoms with van der Waals surface area (Å²) in [6, 6.07) is 58.6. The van der Waals surface area contributed by atoms with E-state index >= 15 is 0 Å². The molecule has 0 atom stereocenters. The molecule has 2 nitrogen and oxygen atoms in total. The van der Waals surface area contributed by atoms with Crippen LogP contribution in [0.2, 0.25) is 0 Å². The Morgan fingerprint density at radius 2 is 0.841 bits per heavy atom. The highest BCUT2D eigenvalue weighted by Gasteiger charge is 2.16. The van der Waals surface area contributed by atoms with E-state index in [9.17, 15) is 0 Å². The van der Waals surface area contributed by atoms with Crippen molar-refractivity contribution in [3.8, 4) is 33.4 Å². The minimum atomic E-state index is 1.07. The maximum Gasteiger partial charge on any atom is 0.124 e. The zero-order valence-corrected chi connectivity index (χ0v) is 24.8. The first kappa shape index (κ1) is 26.1. The Hall–Kier alpha value is -5.51. The van der Waals surface area contributed by atoms with Crippen LogP contribution in [0.3, 0.4) is 0 Å². The Morgan fingerprint density at radius 3 is 1.36 bits per heavy atom. The van der Waals surface area contributed by atoms with E-state index in [1.807, 2.05) is 12.3 Å². The van der Waals surface area contributed by atoms with Crippen LogP contribution in [-0.2, 0) is 0 Å². The first-order valence-corrected chi connectivity index (χ1v) is 15.6. The molecule has 2 aromatic heterocycles. The van der Waals surface area contributed by atoms with Gasteiger partial charge in [-0.25, -0.2) is 4.98 Å². The third-order valence-corrected chi connectivity index (χ3v) is 9.27. The van der Waals surface area contributed by atoms with Crippen molar-refractivity contribution in [1.29, 1.82) is 0 Å². The number of pyridine rings is 1. The minimum Gasteiger partial charge on any atom is -0.310 e. The van der Waals surface area contributed by atoms with Crippen molar-refractivity contribution in [2.45, 2.75) is 0 Å². The molecule has 0 fully saturated rings. The number of anilines is 3. The lowest BCUT2D eigenvalue weighted by atomic mass is 10.00. The monoisotopic (exact) mass is 580 g/mol. The summed E-state index contributed by atoms with van der Waals surface area (Å²) in [6.07, 6.45) is 1.87. The molecule has 0 aliphatic rings. The van der Waals surface area contributed by atoms with Crippen LogP contribution >= 0.6 is 11.3 Å². The molecule has 3 heteroatoms. The van der Waals surface area contributed by atoms with Crippen LogP contribution < -0.4 is 4.90 Å². The number of thiophene rings is 1. The first-order valence-electron chi connectivity index (χ1n) is 14.8.